The molecule has 0 N–H and O–H groups in total. The highest BCUT2D eigenvalue weighted by Gasteiger charge is 2.19. The highest BCUT2D eigenvalue weighted by atomic mass is 16.6. The first-order chi connectivity index (χ1) is 13.9. The predicted molar refractivity (Wildman–Crippen MR) is 102 cm³/mol. The van der Waals surface area contributed by atoms with Crippen molar-refractivity contribution in [3.63, 3.8) is 0 Å². The number of carbonyl (C=O) groups excluding carboxylic acids is 4. The van der Waals surface area contributed by atoms with Crippen LogP contribution >= 0.6 is 0 Å². The maximum atomic E-state index is 12.2. The molecule has 2 rings (SSSR count). The molecule has 8 nitrogen and oxygen atoms in total. The molecule has 8 heteroatoms. The lowest BCUT2D eigenvalue weighted by Gasteiger charge is -2.12. The summed E-state index contributed by atoms with van der Waals surface area (Å²) in [4.78, 5) is 46.0. The van der Waals surface area contributed by atoms with Gasteiger partial charge in [-0.3, -0.25) is 14.4 Å². The van der Waals surface area contributed by atoms with Crippen LogP contribution in [0.25, 0.3) is 0 Å². The van der Waals surface area contributed by atoms with E-state index in [2.05, 4.69) is 6.58 Å². The molecule has 0 bridgehead atoms. The van der Waals surface area contributed by atoms with Gasteiger partial charge in [0.1, 0.15) is 12.6 Å². The molecule has 0 saturated heterocycles. The van der Waals surface area contributed by atoms with E-state index < -0.39 is 18.4 Å². The monoisotopic (exact) mass is 398 g/mol. The Labute approximate surface area is 166 Å². The van der Waals surface area contributed by atoms with E-state index in [1.165, 1.54) is 50.6 Å². The van der Waals surface area contributed by atoms with Crippen molar-refractivity contribution in [2.75, 3.05) is 14.2 Å². The number of benzene rings is 2. The van der Waals surface area contributed by atoms with Crippen molar-refractivity contribution in [1.82, 2.24) is 0 Å². The average molecular weight is 398 g/mol. The molecule has 0 aromatic heterocycles. The lowest BCUT2D eigenvalue weighted by atomic mass is 10.2. The molecular formula is C21H18O8. The van der Waals surface area contributed by atoms with Crippen molar-refractivity contribution in [2.45, 2.75) is 6.42 Å². The van der Waals surface area contributed by atoms with E-state index in [9.17, 15) is 19.2 Å². The molecular weight excluding hydrogens is 380 g/mol. The Morgan fingerprint density at radius 3 is 1.76 bits per heavy atom. The van der Waals surface area contributed by atoms with Gasteiger partial charge in [0.15, 0.2) is 23.0 Å². The molecule has 0 spiro atoms. The molecule has 2 aromatic rings. The SMILES string of the molecule is C=C(CC(=O)Oc1ccc(C=O)cc1OC)C(=O)Oc1ccc(C=O)cc1OC. The highest BCUT2D eigenvalue weighted by Crippen LogP contribution is 2.29. The van der Waals surface area contributed by atoms with Crippen LogP contribution in [0.15, 0.2) is 48.6 Å². The quantitative estimate of drug-likeness (QED) is 0.275. The van der Waals surface area contributed by atoms with Gasteiger partial charge in [-0.1, -0.05) is 6.58 Å². The van der Waals surface area contributed by atoms with Gasteiger partial charge < -0.3 is 18.9 Å². The molecule has 0 radical (unpaired) electrons. The minimum absolute atomic E-state index is 0.0729. The lowest BCUT2D eigenvalue weighted by Crippen LogP contribution is -2.17. The van der Waals surface area contributed by atoms with Crippen LogP contribution in [0.2, 0.25) is 0 Å². The zero-order chi connectivity index (χ0) is 21.4. The van der Waals surface area contributed by atoms with E-state index in [1.807, 2.05) is 0 Å². The summed E-state index contributed by atoms with van der Waals surface area (Å²) in [5, 5.41) is 0. The molecule has 2 aromatic carbocycles. The first kappa shape index (κ1) is 21.4. The highest BCUT2D eigenvalue weighted by molar-refractivity contribution is 5.95. The van der Waals surface area contributed by atoms with Crippen molar-refractivity contribution < 1.29 is 38.1 Å². The number of hydrogen-bond donors (Lipinski definition) is 0. The summed E-state index contributed by atoms with van der Waals surface area (Å²) >= 11 is 0. The largest absolute Gasteiger partial charge is 0.493 e. The number of esters is 2. The normalized spacial score (nSPS) is 9.86. The molecule has 0 amide bonds. The van der Waals surface area contributed by atoms with Gasteiger partial charge in [-0.05, 0) is 36.4 Å². The first-order valence-corrected chi connectivity index (χ1v) is 8.28. The standard InChI is InChI=1S/C21H18O8/c1-13(21(25)29-17-7-5-15(12-23)10-19(17)27-3)8-20(24)28-16-6-4-14(11-22)9-18(16)26-2/h4-7,9-12H,1,8H2,2-3H3. The van der Waals surface area contributed by atoms with Crippen molar-refractivity contribution in [3.8, 4) is 23.0 Å². The van der Waals surface area contributed by atoms with Gasteiger partial charge in [-0.25, -0.2) is 4.79 Å². The predicted octanol–water partition coefficient (Wildman–Crippen LogP) is 2.79. The summed E-state index contributed by atoms with van der Waals surface area (Å²) < 4.78 is 20.5. The zero-order valence-electron chi connectivity index (χ0n) is 15.8. The van der Waals surface area contributed by atoms with Gasteiger partial charge in [0.05, 0.1) is 20.6 Å². The fourth-order valence-electron chi connectivity index (χ4n) is 2.26. The fraction of sp³-hybridized carbons (Fsp3) is 0.143. The molecule has 0 atom stereocenters. The van der Waals surface area contributed by atoms with E-state index >= 15 is 0 Å². The van der Waals surface area contributed by atoms with Crippen LogP contribution in [0.4, 0.5) is 0 Å². The minimum Gasteiger partial charge on any atom is -0.493 e. The van der Waals surface area contributed by atoms with E-state index in [1.54, 1.807) is 0 Å². The van der Waals surface area contributed by atoms with E-state index in [0.717, 1.165) is 0 Å². The molecule has 0 aliphatic rings. The smallest absolute Gasteiger partial charge is 0.339 e. The van der Waals surface area contributed by atoms with Gasteiger partial charge in [0, 0.05) is 16.7 Å². The lowest BCUT2D eigenvalue weighted by molar-refractivity contribution is -0.137. The molecule has 0 fully saturated rings. The molecule has 0 aliphatic carbocycles. The second-order valence-electron chi connectivity index (χ2n) is 5.70. The van der Waals surface area contributed by atoms with Gasteiger partial charge in [0.2, 0.25) is 0 Å². The Bertz CT molecular complexity index is 961. The van der Waals surface area contributed by atoms with Crippen LogP contribution in [0.5, 0.6) is 23.0 Å². The van der Waals surface area contributed by atoms with Crippen molar-refractivity contribution >= 4 is 24.5 Å². The second kappa shape index (κ2) is 9.84. The van der Waals surface area contributed by atoms with Crippen molar-refractivity contribution in [2.24, 2.45) is 0 Å². The van der Waals surface area contributed by atoms with Crippen LogP contribution in [0, 0.1) is 0 Å². The number of ether oxygens (including phenoxy) is 4. The number of methoxy groups -OCH3 is 2. The third kappa shape index (κ3) is 5.52. The Morgan fingerprint density at radius 1 is 0.828 bits per heavy atom. The number of hydrogen-bond acceptors (Lipinski definition) is 8. The Hall–Kier alpha value is -3.94. The second-order valence-corrected chi connectivity index (χ2v) is 5.70. The van der Waals surface area contributed by atoms with Gasteiger partial charge in [-0.15, -0.1) is 0 Å². The topological polar surface area (TPSA) is 105 Å². The molecule has 0 unspecified atom stereocenters. The third-order valence-corrected chi connectivity index (χ3v) is 3.72. The van der Waals surface area contributed by atoms with Crippen LogP contribution in [-0.2, 0) is 9.59 Å². The summed E-state index contributed by atoms with van der Waals surface area (Å²) in [7, 11) is 2.72. The zero-order valence-corrected chi connectivity index (χ0v) is 15.8. The average Bonchev–Trinajstić information content (AvgIpc) is 2.73. The van der Waals surface area contributed by atoms with Gasteiger partial charge >= 0.3 is 11.9 Å². The number of carbonyl (C=O) groups is 4. The summed E-state index contributed by atoms with van der Waals surface area (Å²) in [5.74, 6) is -1.09. The molecule has 0 aliphatic heterocycles. The summed E-state index contributed by atoms with van der Waals surface area (Å²) in [6.45, 7) is 3.54. The van der Waals surface area contributed by atoms with Gasteiger partial charge in [-0.2, -0.15) is 0 Å². The number of aldehydes is 2. The minimum atomic E-state index is -0.859. The van der Waals surface area contributed by atoms with Crippen LogP contribution < -0.4 is 18.9 Å². The maximum absolute atomic E-state index is 12.2. The van der Waals surface area contributed by atoms with E-state index in [0.29, 0.717) is 23.7 Å². The third-order valence-electron chi connectivity index (χ3n) is 3.72. The van der Waals surface area contributed by atoms with E-state index in [4.69, 9.17) is 18.9 Å². The van der Waals surface area contributed by atoms with E-state index in [-0.39, 0.29) is 28.6 Å². The van der Waals surface area contributed by atoms with Gasteiger partial charge in [0.25, 0.3) is 0 Å². The first-order valence-electron chi connectivity index (χ1n) is 8.28. The summed E-state index contributed by atoms with van der Waals surface area (Å²) in [6, 6.07) is 8.52. The van der Waals surface area contributed by atoms with Crippen molar-refractivity contribution in [3.05, 3.63) is 59.7 Å². The van der Waals surface area contributed by atoms with Crippen molar-refractivity contribution in [1.29, 1.82) is 0 Å². The maximum Gasteiger partial charge on any atom is 0.339 e. The summed E-state index contributed by atoms with van der Waals surface area (Å²) in [5.41, 5.74) is 0.544. The Balaban J connectivity index is 2.03. The van der Waals surface area contributed by atoms with Crippen LogP contribution in [0.3, 0.4) is 0 Å². The van der Waals surface area contributed by atoms with Crippen LogP contribution in [0.1, 0.15) is 27.1 Å². The molecule has 150 valence electrons. The Morgan fingerprint density at radius 2 is 1.31 bits per heavy atom. The molecule has 0 saturated carbocycles. The Kier molecular flexibility index (Phi) is 7.25. The summed E-state index contributed by atoms with van der Waals surface area (Å²) in [6.07, 6.45) is 0.813. The molecule has 29 heavy (non-hydrogen) atoms. The van der Waals surface area contributed by atoms with Crippen LogP contribution in [-0.4, -0.2) is 38.7 Å². The number of rotatable bonds is 9. The molecule has 0 heterocycles. The fourth-order valence-corrected chi connectivity index (χ4v) is 2.26.